The summed E-state index contributed by atoms with van der Waals surface area (Å²) in [5.74, 6) is 0. The van der Waals surface area contributed by atoms with Crippen LogP contribution >= 0.6 is 0 Å². The van der Waals surface area contributed by atoms with E-state index in [1.807, 2.05) is 18.2 Å². The number of pyridine rings is 1. The van der Waals surface area contributed by atoms with Crippen LogP contribution in [0.1, 0.15) is 44.9 Å². The lowest BCUT2D eigenvalue weighted by molar-refractivity contribution is 0.0395. The summed E-state index contributed by atoms with van der Waals surface area (Å²) >= 11 is 0. The van der Waals surface area contributed by atoms with Crippen molar-refractivity contribution in [2.75, 3.05) is 6.54 Å². The second-order valence-electron chi connectivity index (χ2n) is 5.10. The molecule has 1 aliphatic rings. The number of likely N-dealkylation sites (tertiary alicyclic amines) is 1. The Labute approximate surface area is 103 Å². The smallest absolute Gasteiger partial charge is 0.109 e. The average molecular weight is 234 g/mol. The number of hydrogen-bond acceptors (Lipinski definition) is 3. The fraction of sp³-hybridized carbons (Fsp3) is 0.643. The van der Waals surface area contributed by atoms with E-state index in [0.717, 1.165) is 5.69 Å². The zero-order valence-electron chi connectivity index (χ0n) is 10.7. The van der Waals surface area contributed by atoms with Gasteiger partial charge in [0.2, 0.25) is 0 Å². The number of aliphatic hydroxyl groups excluding tert-OH is 1. The van der Waals surface area contributed by atoms with E-state index >= 15 is 0 Å². The minimum absolute atomic E-state index is 0.473. The summed E-state index contributed by atoms with van der Waals surface area (Å²) < 4.78 is 0. The Bertz CT molecular complexity index is 331. The van der Waals surface area contributed by atoms with Gasteiger partial charge >= 0.3 is 0 Å². The molecule has 1 aromatic heterocycles. The van der Waals surface area contributed by atoms with Crippen molar-refractivity contribution in [2.24, 2.45) is 0 Å². The van der Waals surface area contributed by atoms with Gasteiger partial charge in [-0.1, -0.05) is 12.5 Å². The van der Waals surface area contributed by atoms with Gasteiger partial charge in [-0.25, -0.2) is 0 Å². The molecule has 17 heavy (non-hydrogen) atoms. The lowest BCUT2D eigenvalue weighted by atomic mass is 9.97. The number of β-amino-alcohol motifs (C(OH)–C–C–N with tert-alkyl or cyclic N) is 1. The molecule has 0 aliphatic carbocycles. The second kappa shape index (κ2) is 5.61. The molecule has 2 heterocycles. The Morgan fingerprint density at radius 2 is 2.06 bits per heavy atom. The average Bonchev–Trinajstić information content (AvgIpc) is 2.35. The molecule has 0 radical (unpaired) electrons. The van der Waals surface area contributed by atoms with Crippen LogP contribution in [-0.4, -0.2) is 33.6 Å². The first-order valence-corrected chi connectivity index (χ1v) is 6.53. The molecule has 3 unspecified atom stereocenters. The van der Waals surface area contributed by atoms with Crippen molar-refractivity contribution >= 4 is 0 Å². The summed E-state index contributed by atoms with van der Waals surface area (Å²) in [5, 5.41) is 10.2. The maximum absolute atomic E-state index is 10.2. The number of aliphatic hydroxyl groups is 1. The third-order valence-corrected chi connectivity index (χ3v) is 3.79. The molecule has 1 aromatic rings. The van der Waals surface area contributed by atoms with Crippen molar-refractivity contribution in [2.45, 2.75) is 51.3 Å². The summed E-state index contributed by atoms with van der Waals surface area (Å²) in [6.07, 6.45) is 5.04. The quantitative estimate of drug-likeness (QED) is 0.872. The summed E-state index contributed by atoms with van der Waals surface area (Å²) in [5.41, 5.74) is 0.775. The van der Waals surface area contributed by atoms with Gasteiger partial charge in [-0.05, 0) is 38.8 Å². The number of piperidine rings is 1. The molecular weight excluding hydrogens is 212 g/mol. The highest BCUT2D eigenvalue weighted by atomic mass is 16.3. The zero-order valence-corrected chi connectivity index (χ0v) is 10.7. The topological polar surface area (TPSA) is 36.4 Å². The van der Waals surface area contributed by atoms with Crippen LogP contribution in [0.5, 0.6) is 0 Å². The minimum Gasteiger partial charge on any atom is -0.385 e. The Balaban J connectivity index is 2.00. The second-order valence-corrected chi connectivity index (χ2v) is 5.10. The van der Waals surface area contributed by atoms with E-state index in [2.05, 4.69) is 23.7 Å². The van der Waals surface area contributed by atoms with Gasteiger partial charge in [-0.2, -0.15) is 0 Å². The van der Waals surface area contributed by atoms with Crippen molar-refractivity contribution in [3.63, 3.8) is 0 Å². The van der Waals surface area contributed by atoms with Gasteiger partial charge in [0.15, 0.2) is 0 Å². The standard InChI is InChI=1S/C14H22N2O/c1-11-6-5-7-12(2)16(11)10-14(17)13-8-3-4-9-15-13/h3-4,8-9,11-12,14,17H,5-7,10H2,1-2H3. The molecule has 3 nitrogen and oxygen atoms in total. The summed E-state index contributed by atoms with van der Waals surface area (Å²) in [4.78, 5) is 6.62. The van der Waals surface area contributed by atoms with Crippen LogP contribution < -0.4 is 0 Å². The molecular formula is C14H22N2O. The van der Waals surface area contributed by atoms with E-state index in [4.69, 9.17) is 0 Å². The van der Waals surface area contributed by atoms with E-state index in [1.54, 1.807) is 6.20 Å². The first kappa shape index (κ1) is 12.5. The number of aromatic nitrogens is 1. The molecule has 0 bridgehead atoms. The van der Waals surface area contributed by atoms with Crippen LogP contribution in [0.15, 0.2) is 24.4 Å². The predicted molar refractivity (Wildman–Crippen MR) is 68.7 cm³/mol. The summed E-state index contributed by atoms with van der Waals surface area (Å²) in [6.45, 7) is 5.20. The molecule has 1 aliphatic heterocycles. The molecule has 1 fully saturated rings. The van der Waals surface area contributed by atoms with Crippen molar-refractivity contribution in [3.05, 3.63) is 30.1 Å². The maximum Gasteiger partial charge on any atom is 0.109 e. The van der Waals surface area contributed by atoms with Crippen LogP contribution in [0.2, 0.25) is 0 Å². The fourth-order valence-electron chi connectivity index (χ4n) is 2.70. The first-order valence-electron chi connectivity index (χ1n) is 6.53. The van der Waals surface area contributed by atoms with E-state index in [1.165, 1.54) is 19.3 Å². The number of rotatable bonds is 3. The number of nitrogens with zero attached hydrogens (tertiary/aromatic N) is 2. The summed E-state index contributed by atoms with van der Waals surface area (Å²) in [6, 6.07) is 6.83. The Hall–Kier alpha value is -0.930. The van der Waals surface area contributed by atoms with Gasteiger partial charge in [-0.15, -0.1) is 0 Å². The molecule has 94 valence electrons. The first-order chi connectivity index (χ1) is 8.18. The SMILES string of the molecule is CC1CCCC(C)N1CC(O)c1ccccn1. The van der Waals surface area contributed by atoms with Gasteiger partial charge in [0.1, 0.15) is 6.10 Å². The molecule has 1 N–H and O–H groups in total. The molecule has 0 aromatic carbocycles. The van der Waals surface area contributed by atoms with E-state index < -0.39 is 6.10 Å². The molecule has 1 saturated heterocycles. The Kier molecular flexibility index (Phi) is 4.13. The lowest BCUT2D eigenvalue weighted by Crippen LogP contribution is -2.45. The van der Waals surface area contributed by atoms with Crippen molar-refractivity contribution in [3.8, 4) is 0 Å². The fourth-order valence-corrected chi connectivity index (χ4v) is 2.70. The van der Waals surface area contributed by atoms with Gasteiger partial charge in [-0.3, -0.25) is 9.88 Å². The van der Waals surface area contributed by atoms with Gasteiger partial charge in [0.25, 0.3) is 0 Å². The Morgan fingerprint density at radius 1 is 1.35 bits per heavy atom. The lowest BCUT2D eigenvalue weighted by Gasteiger charge is -2.39. The molecule has 0 saturated carbocycles. The molecule has 3 atom stereocenters. The van der Waals surface area contributed by atoms with E-state index in [-0.39, 0.29) is 0 Å². The van der Waals surface area contributed by atoms with Crippen molar-refractivity contribution < 1.29 is 5.11 Å². The predicted octanol–water partition coefficient (Wildman–Crippen LogP) is 2.38. The van der Waals surface area contributed by atoms with E-state index in [0.29, 0.717) is 18.6 Å². The van der Waals surface area contributed by atoms with E-state index in [9.17, 15) is 5.11 Å². The minimum atomic E-state index is -0.473. The molecule has 0 spiro atoms. The van der Waals surface area contributed by atoms with Gasteiger partial charge < -0.3 is 5.11 Å². The Morgan fingerprint density at radius 3 is 2.65 bits per heavy atom. The normalized spacial score (nSPS) is 27.9. The zero-order chi connectivity index (χ0) is 12.3. The highest BCUT2D eigenvalue weighted by Gasteiger charge is 2.26. The monoisotopic (exact) mass is 234 g/mol. The van der Waals surface area contributed by atoms with Gasteiger partial charge in [0.05, 0.1) is 5.69 Å². The number of hydrogen-bond donors (Lipinski definition) is 1. The third-order valence-electron chi connectivity index (χ3n) is 3.79. The largest absolute Gasteiger partial charge is 0.385 e. The van der Waals surface area contributed by atoms with Crippen molar-refractivity contribution in [1.82, 2.24) is 9.88 Å². The van der Waals surface area contributed by atoms with Crippen LogP contribution in [0, 0.1) is 0 Å². The van der Waals surface area contributed by atoms with Crippen LogP contribution in [0.25, 0.3) is 0 Å². The van der Waals surface area contributed by atoms with Gasteiger partial charge in [0, 0.05) is 24.8 Å². The molecule has 3 heteroatoms. The molecule has 0 amide bonds. The van der Waals surface area contributed by atoms with Crippen LogP contribution in [0.4, 0.5) is 0 Å². The highest BCUT2D eigenvalue weighted by Crippen LogP contribution is 2.24. The third kappa shape index (κ3) is 3.05. The highest BCUT2D eigenvalue weighted by molar-refractivity contribution is 5.07. The van der Waals surface area contributed by atoms with Crippen LogP contribution in [-0.2, 0) is 0 Å². The maximum atomic E-state index is 10.2. The molecule has 2 rings (SSSR count). The summed E-state index contributed by atoms with van der Waals surface area (Å²) in [7, 11) is 0. The van der Waals surface area contributed by atoms with Crippen molar-refractivity contribution in [1.29, 1.82) is 0 Å². The van der Waals surface area contributed by atoms with Crippen LogP contribution in [0.3, 0.4) is 0 Å².